The van der Waals surface area contributed by atoms with Crippen molar-refractivity contribution in [2.24, 2.45) is 0 Å². The van der Waals surface area contributed by atoms with Crippen molar-refractivity contribution >= 4 is 23.4 Å². The predicted molar refractivity (Wildman–Crippen MR) is 42.2 cm³/mol. The molecule has 0 aromatic heterocycles. The van der Waals surface area contributed by atoms with Crippen molar-refractivity contribution in [3.63, 3.8) is 0 Å². The second-order valence-electron chi connectivity index (χ2n) is 1.47. The Kier molecular flexibility index (Phi) is 3.25. The van der Waals surface area contributed by atoms with Crippen LogP contribution in [0.15, 0.2) is 24.6 Å². The van der Waals surface area contributed by atoms with Gasteiger partial charge in [0, 0.05) is 0 Å². The van der Waals surface area contributed by atoms with Gasteiger partial charge in [0.25, 0.3) is 0 Å². The topological polar surface area (TPSA) is 0 Å². The highest BCUT2D eigenvalue weighted by atomic mass is 35.5. The minimum absolute atomic E-state index is 0.373. The van der Waals surface area contributed by atoms with Crippen LogP contribution in [0, 0.1) is 0 Å². The van der Waals surface area contributed by atoms with Crippen LogP contribution >= 0.6 is 23.4 Å². The van der Waals surface area contributed by atoms with Gasteiger partial charge in [-0.25, -0.2) is 0 Å². The molecular formula is C6H9ClS. The Morgan fingerprint density at radius 3 is 2.25 bits per heavy atom. The number of hydrogen-bond donors (Lipinski definition) is 0. The summed E-state index contributed by atoms with van der Waals surface area (Å²) in [5.41, 5.74) is 0. The molecule has 1 unspecified atom stereocenters. The van der Waals surface area contributed by atoms with Gasteiger partial charge in [0.15, 0.2) is 0 Å². The van der Waals surface area contributed by atoms with Gasteiger partial charge in [-0.2, -0.15) is 0 Å². The number of hydrogen-bond acceptors (Lipinski definition) is 1. The molecule has 0 saturated carbocycles. The van der Waals surface area contributed by atoms with Crippen LogP contribution in [0.2, 0.25) is 0 Å². The Bertz CT molecular complexity index is 96.7. The third-order valence-corrected chi connectivity index (χ3v) is 1.89. The van der Waals surface area contributed by atoms with Crippen LogP contribution < -0.4 is 0 Å². The first-order valence-electron chi connectivity index (χ1n) is 2.23. The number of rotatable bonds is 3. The normalized spacial score (nSPS) is 16.8. The van der Waals surface area contributed by atoms with Crippen LogP contribution in [0.5, 0.6) is 0 Å². The lowest BCUT2D eigenvalue weighted by atomic mass is 10.5. The van der Waals surface area contributed by atoms with E-state index in [0.29, 0.717) is 0 Å². The van der Waals surface area contributed by atoms with Gasteiger partial charge >= 0.3 is 0 Å². The SMILES string of the molecule is C=CSC(C)(Cl)C=C. The van der Waals surface area contributed by atoms with Crippen molar-refractivity contribution in [2.45, 2.75) is 11.1 Å². The van der Waals surface area contributed by atoms with Crippen molar-refractivity contribution in [1.29, 1.82) is 0 Å². The van der Waals surface area contributed by atoms with E-state index in [9.17, 15) is 0 Å². The lowest BCUT2D eigenvalue weighted by Gasteiger charge is -2.11. The molecule has 2 heteroatoms. The van der Waals surface area contributed by atoms with Crippen LogP contribution in [0.3, 0.4) is 0 Å². The van der Waals surface area contributed by atoms with E-state index in [1.165, 1.54) is 11.8 Å². The van der Waals surface area contributed by atoms with E-state index >= 15 is 0 Å². The summed E-state index contributed by atoms with van der Waals surface area (Å²) in [7, 11) is 0. The molecule has 0 aliphatic carbocycles. The quantitative estimate of drug-likeness (QED) is 0.438. The van der Waals surface area contributed by atoms with Crippen LogP contribution in [0.25, 0.3) is 0 Å². The van der Waals surface area contributed by atoms with Crippen LogP contribution in [0.4, 0.5) is 0 Å². The van der Waals surface area contributed by atoms with Crippen molar-refractivity contribution in [1.82, 2.24) is 0 Å². The summed E-state index contributed by atoms with van der Waals surface area (Å²) >= 11 is 7.24. The summed E-state index contributed by atoms with van der Waals surface area (Å²) in [6, 6.07) is 0. The minimum Gasteiger partial charge on any atom is -0.108 e. The van der Waals surface area contributed by atoms with E-state index < -0.39 is 0 Å². The maximum atomic E-state index is 5.79. The number of alkyl halides is 1. The molecule has 0 N–H and O–H groups in total. The molecule has 0 heterocycles. The molecule has 0 aromatic carbocycles. The van der Waals surface area contributed by atoms with E-state index in [1.54, 1.807) is 11.5 Å². The number of halogens is 1. The smallest absolute Gasteiger partial charge is 0.108 e. The fourth-order valence-electron chi connectivity index (χ4n) is 0.211. The van der Waals surface area contributed by atoms with Crippen LogP contribution in [0.1, 0.15) is 6.92 Å². The first kappa shape index (κ1) is 8.12. The molecule has 0 bridgehead atoms. The maximum Gasteiger partial charge on any atom is 0.109 e. The molecule has 0 amide bonds. The van der Waals surface area contributed by atoms with Gasteiger partial charge in [0.05, 0.1) is 0 Å². The zero-order chi connectivity index (χ0) is 6.62. The van der Waals surface area contributed by atoms with E-state index in [4.69, 9.17) is 11.6 Å². The highest BCUT2D eigenvalue weighted by Gasteiger charge is 2.12. The molecule has 0 radical (unpaired) electrons. The molecule has 0 fully saturated rings. The van der Waals surface area contributed by atoms with Gasteiger partial charge in [-0.1, -0.05) is 12.7 Å². The average Bonchev–Trinajstić information content (AvgIpc) is 1.67. The summed E-state index contributed by atoms with van der Waals surface area (Å²) in [4.78, 5) is 0. The van der Waals surface area contributed by atoms with E-state index in [0.717, 1.165) is 0 Å². The van der Waals surface area contributed by atoms with Gasteiger partial charge in [0.1, 0.15) is 4.21 Å². The van der Waals surface area contributed by atoms with Crippen LogP contribution in [-0.4, -0.2) is 4.21 Å². The molecule has 0 spiro atoms. The zero-order valence-corrected chi connectivity index (χ0v) is 6.43. The molecule has 0 aromatic rings. The lowest BCUT2D eigenvalue weighted by molar-refractivity contribution is 1.15. The predicted octanol–water partition coefficient (Wildman–Crippen LogP) is 3.00. The summed E-state index contributed by atoms with van der Waals surface area (Å²) < 4.78 is -0.373. The zero-order valence-electron chi connectivity index (χ0n) is 4.86. The Balaban J connectivity index is 3.70. The fourth-order valence-corrected chi connectivity index (χ4v) is 0.822. The highest BCUT2D eigenvalue weighted by molar-refractivity contribution is 8.04. The third-order valence-electron chi connectivity index (χ3n) is 0.678. The summed E-state index contributed by atoms with van der Waals surface area (Å²) in [6.07, 6.45) is 1.68. The maximum absolute atomic E-state index is 5.79. The third kappa shape index (κ3) is 3.16. The molecule has 8 heavy (non-hydrogen) atoms. The van der Waals surface area contributed by atoms with E-state index in [2.05, 4.69) is 13.2 Å². The Labute approximate surface area is 59.6 Å². The highest BCUT2D eigenvalue weighted by Crippen LogP contribution is 2.30. The first-order chi connectivity index (χ1) is 3.62. The first-order valence-corrected chi connectivity index (χ1v) is 3.49. The minimum atomic E-state index is -0.373. The monoisotopic (exact) mass is 148 g/mol. The van der Waals surface area contributed by atoms with Crippen molar-refractivity contribution in [2.75, 3.05) is 0 Å². The molecule has 0 rings (SSSR count). The van der Waals surface area contributed by atoms with Crippen molar-refractivity contribution in [3.05, 3.63) is 24.6 Å². The standard InChI is InChI=1S/C6H9ClS/c1-4-6(3,7)8-5-2/h4-5H,1-2H2,3H3. The van der Waals surface area contributed by atoms with Gasteiger partial charge in [-0.15, -0.1) is 29.9 Å². The van der Waals surface area contributed by atoms with Gasteiger partial charge in [-0.05, 0) is 12.3 Å². The van der Waals surface area contributed by atoms with E-state index in [1.807, 2.05) is 6.92 Å². The second-order valence-corrected chi connectivity index (χ2v) is 3.90. The average molecular weight is 149 g/mol. The molecule has 1 atom stereocenters. The van der Waals surface area contributed by atoms with Gasteiger partial charge in [0.2, 0.25) is 0 Å². The van der Waals surface area contributed by atoms with Gasteiger partial charge < -0.3 is 0 Å². The lowest BCUT2D eigenvalue weighted by Crippen LogP contribution is -2.02. The molecule has 0 aliphatic heterocycles. The Hall–Kier alpha value is 0.120. The summed E-state index contributed by atoms with van der Waals surface area (Å²) in [5.74, 6) is 0. The summed E-state index contributed by atoms with van der Waals surface area (Å²) in [6.45, 7) is 8.94. The Morgan fingerprint density at radius 1 is 1.62 bits per heavy atom. The molecule has 0 nitrogen and oxygen atoms in total. The van der Waals surface area contributed by atoms with Crippen molar-refractivity contribution in [3.8, 4) is 0 Å². The molecule has 46 valence electrons. The Morgan fingerprint density at radius 2 is 2.12 bits per heavy atom. The van der Waals surface area contributed by atoms with Crippen molar-refractivity contribution < 1.29 is 0 Å². The molecular weight excluding hydrogens is 140 g/mol. The molecule has 0 aliphatic rings. The second kappa shape index (κ2) is 3.21. The van der Waals surface area contributed by atoms with Crippen LogP contribution in [-0.2, 0) is 0 Å². The largest absolute Gasteiger partial charge is 0.109 e. The van der Waals surface area contributed by atoms with Gasteiger partial charge in [-0.3, -0.25) is 0 Å². The number of thioether (sulfide) groups is 1. The fraction of sp³-hybridized carbons (Fsp3) is 0.333. The molecule has 0 saturated heterocycles. The summed E-state index contributed by atoms with van der Waals surface area (Å²) in [5, 5.41) is 1.70. The van der Waals surface area contributed by atoms with E-state index in [-0.39, 0.29) is 4.21 Å².